The molecule has 4 nitrogen and oxygen atoms in total. The predicted octanol–water partition coefficient (Wildman–Crippen LogP) is 3.36. The molecule has 1 N–H and O–H groups in total. The number of amides is 1. The maximum atomic E-state index is 12.3. The van der Waals surface area contributed by atoms with Crippen molar-refractivity contribution in [2.45, 2.75) is 38.9 Å². The van der Waals surface area contributed by atoms with Gasteiger partial charge in [-0.2, -0.15) is 13.2 Å². The van der Waals surface area contributed by atoms with Crippen LogP contribution in [0.2, 0.25) is 0 Å². The molecule has 1 amide bonds. The highest BCUT2D eigenvalue weighted by Crippen LogP contribution is 2.29. The van der Waals surface area contributed by atoms with Crippen molar-refractivity contribution in [3.63, 3.8) is 0 Å². The standard InChI is InChI=1S/C16H21F3N2O2/c1-11-14(4-3-5-15(11)23-10-16(17,18)19)20-13-6-8-21(9-7-13)12(2)22/h3-5,13,20H,6-10H2,1-2H3. The topological polar surface area (TPSA) is 41.6 Å². The third kappa shape index (κ3) is 5.04. The lowest BCUT2D eigenvalue weighted by Gasteiger charge is -2.32. The average molecular weight is 330 g/mol. The number of anilines is 1. The Labute approximate surface area is 133 Å². The number of rotatable bonds is 4. The van der Waals surface area contributed by atoms with Crippen molar-refractivity contribution in [2.75, 3.05) is 25.0 Å². The van der Waals surface area contributed by atoms with E-state index in [0.717, 1.165) is 18.5 Å². The van der Waals surface area contributed by atoms with Crippen LogP contribution >= 0.6 is 0 Å². The first-order valence-corrected chi connectivity index (χ1v) is 7.57. The molecule has 1 aromatic rings. The van der Waals surface area contributed by atoms with Gasteiger partial charge in [-0.15, -0.1) is 0 Å². The first-order chi connectivity index (χ1) is 10.8. The van der Waals surface area contributed by atoms with Crippen molar-refractivity contribution >= 4 is 11.6 Å². The van der Waals surface area contributed by atoms with Crippen molar-refractivity contribution in [1.29, 1.82) is 0 Å². The molecular formula is C16H21F3N2O2. The summed E-state index contributed by atoms with van der Waals surface area (Å²) in [5, 5.41) is 3.35. The fourth-order valence-electron chi connectivity index (χ4n) is 2.65. The Bertz CT molecular complexity index is 553. The molecule has 0 aliphatic carbocycles. The normalized spacial score (nSPS) is 16.3. The molecule has 0 saturated carbocycles. The van der Waals surface area contributed by atoms with Gasteiger partial charge in [0.1, 0.15) is 5.75 Å². The maximum Gasteiger partial charge on any atom is 0.422 e. The fourth-order valence-corrected chi connectivity index (χ4v) is 2.65. The van der Waals surface area contributed by atoms with E-state index in [0.29, 0.717) is 18.7 Å². The van der Waals surface area contributed by atoms with Crippen LogP contribution in [0.25, 0.3) is 0 Å². The number of nitrogens with zero attached hydrogens (tertiary/aromatic N) is 1. The van der Waals surface area contributed by atoms with Crippen LogP contribution < -0.4 is 10.1 Å². The second-order valence-electron chi connectivity index (χ2n) is 5.76. The van der Waals surface area contributed by atoms with Crippen LogP contribution in [0.3, 0.4) is 0 Å². The summed E-state index contributed by atoms with van der Waals surface area (Å²) in [5.41, 5.74) is 1.43. The highest BCUT2D eigenvalue weighted by molar-refractivity contribution is 5.73. The fraction of sp³-hybridized carbons (Fsp3) is 0.562. The number of alkyl halides is 3. The van der Waals surface area contributed by atoms with Crippen LogP contribution in [-0.4, -0.2) is 42.7 Å². The Morgan fingerprint density at radius 1 is 1.35 bits per heavy atom. The Balaban J connectivity index is 1.97. The number of nitrogens with one attached hydrogen (secondary N) is 1. The van der Waals surface area contributed by atoms with Gasteiger partial charge in [0.15, 0.2) is 6.61 Å². The van der Waals surface area contributed by atoms with Crippen molar-refractivity contribution in [3.8, 4) is 5.75 Å². The SMILES string of the molecule is CC(=O)N1CCC(Nc2cccc(OCC(F)(F)F)c2C)CC1. The molecule has 0 aromatic heterocycles. The molecule has 2 rings (SSSR count). The van der Waals surface area contributed by atoms with Crippen molar-refractivity contribution in [1.82, 2.24) is 4.90 Å². The van der Waals surface area contributed by atoms with Gasteiger partial charge in [0.25, 0.3) is 0 Å². The molecule has 0 spiro atoms. The van der Waals surface area contributed by atoms with Crippen LogP contribution in [0.4, 0.5) is 18.9 Å². The molecule has 1 aromatic carbocycles. The van der Waals surface area contributed by atoms with E-state index >= 15 is 0 Å². The van der Waals surface area contributed by atoms with E-state index in [-0.39, 0.29) is 17.7 Å². The van der Waals surface area contributed by atoms with Gasteiger partial charge in [-0.3, -0.25) is 4.79 Å². The number of halogens is 3. The molecule has 1 heterocycles. The zero-order chi connectivity index (χ0) is 17.0. The zero-order valence-electron chi connectivity index (χ0n) is 13.2. The van der Waals surface area contributed by atoms with Gasteiger partial charge in [0.2, 0.25) is 5.91 Å². The Morgan fingerprint density at radius 3 is 2.57 bits per heavy atom. The quantitative estimate of drug-likeness (QED) is 0.920. The van der Waals surface area contributed by atoms with Crippen molar-refractivity contribution in [2.24, 2.45) is 0 Å². The smallest absolute Gasteiger partial charge is 0.422 e. The summed E-state index contributed by atoms with van der Waals surface area (Å²) in [6, 6.07) is 5.23. The van der Waals surface area contributed by atoms with E-state index in [1.165, 1.54) is 6.07 Å². The lowest BCUT2D eigenvalue weighted by Crippen LogP contribution is -2.41. The number of hydrogen-bond acceptors (Lipinski definition) is 3. The lowest BCUT2D eigenvalue weighted by molar-refractivity contribution is -0.153. The second-order valence-corrected chi connectivity index (χ2v) is 5.76. The van der Waals surface area contributed by atoms with E-state index in [9.17, 15) is 18.0 Å². The molecule has 23 heavy (non-hydrogen) atoms. The summed E-state index contributed by atoms with van der Waals surface area (Å²) < 4.78 is 41.7. The van der Waals surface area contributed by atoms with E-state index in [1.807, 2.05) is 6.07 Å². The van der Waals surface area contributed by atoms with E-state index < -0.39 is 12.8 Å². The Morgan fingerprint density at radius 2 is 2.00 bits per heavy atom. The summed E-state index contributed by atoms with van der Waals surface area (Å²) in [5.74, 6) is 0.302. The molecule has 1 aliphatic heterocycles. The van der Waals surface area contributed by atoms with Gasteiger partial charge in [0.05, 0.1) is 0 Å². The number of carbonyl (C=O) groups is 1. The molecule has 1 fully saturated rings. The number of carbonyl (C=O) groups excluding carboxylic acids is 1. The maximum absolute atomic E-state index is 12.3. The van der Waals surface area contributed by atoms with Gasteiger partial charge >= 0.3 is 6.18 Å². The summed E-state index contributed by atoms with van der Waals surface area (Å²) in [6.07, 6.45) is -2.73. The van der Waals surface area contributed by atoms with Gasteiger partial charge in [-0.05, 0) is 31.9 Å². The number of benzene rings is 1. The summed E-state index contributed by atoms with van der Waals surface area (Å²) in [4.78, 5) is 13.1. The zero-order valence-corrected chi connectivity index (χ0v) is 13.2. The Hall–Kier alpha value is -1.92. The molecule has 0 radical (unpaired) electrons. The third-order valence-corrected chi connectivity index (χ3v) is 3.98. The van der Waals surface area contributed by atoms with Gasteiger partial charge in [-0.1, -0.05) is 6.07 Å². The van der Waals surface area contributed by atoms with Crippen LogP contribution in [0.5, 0.6) is 5.75 Å². The minimum absolute atomic E-state index is 0.0715. The van der Waals surface area contributed by atoms with E-state index in [1.54, 1.807) is 24.8 Å². The minimum atomic E-state index is -4.35. The molecule has 7 heteroatoms. The highest BCUT2D eigenvalue weighted by atomic mass is 19.4. The third-order valence-electron chi connectivity index (χ3n) is 3.98. The van der Waals surface area contributed by atoms with Crippen LogP contribution in [-0.2, 0) is 4.79 Å². The van der Waals surface area contributed by atoms with Gasteiger partial charge in [0, 0.05) is 37.3 Å². The lowest BCUT2D eigenvalue weighted by atomic mass is 10.0. The largest absolute Gasteiger partial charge is 0.484 e. The monoisotopic (exact) mass is 330 g/mol. The summed E-state index contributed by atoms with van der Waals surface area (Å²) in [7, 11) is 0. The summed E-state index contributed by atoms with van der Waals surface area (Å²) >= 11 is 0. The van der Waals surface area contributed by atoms with Crippen LogP contribution in [0.15, 0.2) is 18.2 Å². The van der Waals surface area contributed by atoms with E-state index in [2.05, 4.69) is 5.32 Å². The minimum Gasteiger partial charge on any atom is -0.484 e. The van der Waals surface area contributed by atoms with Crippen molar-refractivity contribution in [3.05, 3.63) is 23.8 Å². The number of ether oxygens (including phenoxy) is 1. The molecule has 0 unspecified atom stereocenters. The molecule has 128 valence electrons. The first-order valence-electron chi connectivity index (χ1n) is 7.57. The van der Waals surface area contributed by atoms with Gasteiger partial charge < -0.3 is 15.0 Å². The van der Waals surface area contributed by atoms with Gasteiger partial charge in [-0.25, -0.2) is 0 Å². The molecule has 1 saturated heterocycles. The van der Waals surface area contributed by atoms with Crippen molar-refractivity contribution < 1.29 is 22.7 Å². The summed E-state index contributed by atoms with van der Waals surface area (Å²) in [6.45, 7) is 3.37. The number of hydrogen-bond donors (Lipinski definition) is 1. The highest BCUT2D eigenvalue weighted by Gasteiger charge is 2.29. The molecule has 1 aliphatic rings. The average Bonchev–Trinajstić information content (AvgIpc) is 2.48. The van der Waals surface area contributed by atoms with Crippen LogP contribution in [0, 0.1) is 6.92 Å². The number of likely N-dealkylation sites (tertiary alicyclic amines) is 1. The molecule has 0 bridgehead atoms. The molecule has 0 atom stereocenters. The Kier molecular flexibility index (Phi) is 5.38. The second kappa shape index (κ2) is 7.10. The first kappa shape index (κ1) is 17.4. The van der Waals surface area contributed by atoms with Crippen LogP contribution in [0.1, 0.15) is 25.3 Å². The number of piperidine rings is 1. The predicted molar refractivity (Wildman–Crippen MR) is 81.6 cm³/mol. The molecular weight excluding hydrogens is 309 g/mol. The van der Waals surface area contributed by atoms with E-state index in [4.69, 9.17) is 4.74 Å².